The van der Waals surface area contributed by atoms with Gasteiger partial charge in [0.1, 0.15) is 11.5 Å². The van der Waals surface area contributed by atoms with Crippen LogP contribution >= 0.6 is 0 Å². The third kappa shape index (κ3) is 3.32. The summed E-state index contributed by atoms with van der Waals surface area (Å²) in [5, 5.41) is 2.22. The van der Waals surface area contributed by atoms with Crippen molar-refractivity contribution in [2.45, 2.75) is 18.5 Å². The molecule has 1 fully saturated rings. The smallest absolute Gasteiger partial charge is 0.327 e. The monoisotopic (exact) mass is 340 g/mol. The maximum absolute atomic E-state index is 13.2. The third-order valence-corrected chi connectivity index (χ3v) is 3.89. The minimum Gasteiger partial charge on any atom is -0.327 e. The minimum absolute atomic E-state index is 0.203. The van der Waals surface area contributed by atoms with Crippen LogP contribution in [0.5, 0.6) is 0 Å². The van der Waals surface area contributed by atoms with Gasteiger partial charge in [0.05, 0.1) is 5.56 Å². The number of aromatic amines is 1. The molecule has 0 spiro atoms. The van der Waals surface area contributed by atoms with Crippen LogP contribution in [0.15, 0.2) is 41.3 Å². The number of carbonyl (C=O) groups is 1. The number of pyridine rings is 1. The van der Waals surface area contributed by atoms with Gasteiger partial charge in [-0.1, -0.05) is 12.1 Å². The van der Waals surface area contributed by atoms with Crippen molar-refractivity contribution in [2.75, 3.05) is 5.32 Å². The first kappa shape index (κ1) is 16.2. The van der Waals surface area contributed by atoms with E-state index in [4.69, 9.17) is 0 Å². The molecular weight excluding hydrogens is 328 g/mol. The van der Waals surface area contributed by atoms with Crippen LogP contribution in [-0.4, -0.2) is 10.9 Å². The number of hydrogen-bond donors (Lipinski definition) is 2. The first-order valence-corrected chi connectivity index (χ1v) is 7.12. The van der Waals surface area contributed by atoms with Gasteiger partial charge in [0, 0.05) is 12.1 Å². The van der Waals surface area contributed by atoms with Crippen LogP contribution in [0.2, 0.25) is 0 Å². The summed E-state index contributed by atoms with van der Waals surface area (Å²) in [5.41, 5.74) is -1.69. The zero-order valence-electron chi connectivity index (χ0n) is 12.2. The Balaban J connectivity index is 1.74. The number of rotatable bonds is 3. The Morgan fingerprint density at radius 1 is 1.25 bits per heavy atom. The van der Waals surface area contributed by atoms with Gasteiger partial charge in [0.15, 0.2) is 0 Å². The SMILES string of the molecule is O=C(Nc1cc(C(F)(F)F)c[nH]c1=O)[C@H]1C[C@H]1c1cccc(F)c1. The second-order valence-electron chi connectivity index (χ2n) is 5.62. The number of H-pyrrole nitrogens is 1. The molecule has 1 aromatic carbocycles. The molecule has 1 aliphatic rings. The Morgan fingerprint density at radius 3 is 2.67 bits per heavy atom. The Hall–Kier alpha value is -2.64. The highest BCUT2D eigenvalue weighted by Gasteiger charge is 2.44. The molecule has 8 heteroatoms. The fourth-order valence-corrected chi connectivity index (χ4v) is 2.56. The molecule has 0 bridgehead atoms. The number of benzene rings is 1. The molecular formula is C16H12F4N2O2. The Labute approximate surface area is 133 Å². The number of alkyl halides is 3. The van der Waals surface area contributed by atoms with E-state index in [1.54, 1.807) is 6.07 Å². The van der Waals surface area contributed by atoms with Gasteiger partial charge in [0.25, 0.3) is 5.56 Å². The minimum atomic E-state index is -4.63. The summed E-state index contributed by atoms with van der Waals surface area (Å²) in [6, 6.07) is 6.39. The largest absolute Gasteiger partial charge is 0.417 e. The summed E-state index contributed by atoms with van der Waals surface area (Å²) in [7, 11) is 0. The van der Waals surface area contributed by atoms with Crippen molar-refractivity contribution in [3.05, 3.63) is 63.8 Å². The first-order valence-electron chi connectivity index (χ1n) is 7.12. The fourth-order valence-electron chi connectivity index (χ4n) is 2.56. The number of aromatic nitrogens is 1. The second-order valence-corrected chi connectivity index (χ2v) is 5.62. The molecule has 126 valence electrons. The van der Waals surface area contributed by atoms with Crippen LogP contribution in [0.3, 0.4) is 0 Å². The maximum atomic E-state index is 13.2. The lowest BCUT2D eigenvalue weighted by molar-refractivity contribution is -0.137. The van der Waals surface area contributed by atoms with Gasteiger partial charge < -0.3 is 10.3 Å². The summed E-state index contributed by atoms with van der Waals surface area (Å²) >= 11 is 0. The Bertz CT molecular complexity index is 844. The topological polar surface area (TPSA) is 62.0 Å². The molecule has 0 aliphatic heterocycles. The van der Waals surface area contributed by atoms with E-state index < -0.39 is 40.6 Å². The molecule has 2 aromatic rings. The molecule has 1 amide bonds. The van der Waals surface area contributed by atoms with Crippen molar-refractivity contribution in [3.8, 4) is 0 Å². The summed E-state index contributed by atoms with van der Waals surface area (Å²) in [6.45, 7) is 0. The van der Waals surface area contributed by atoms with Crippen LogP contribution in [-0.2, 0) is 11.0 Å². The van der Waals surface area contributed by atoms with E-state index in [0.717, 1.165) is 0 Å². The van der Waals surface area contributed by atoms with Gasteiger partial charge in [-0.25, -0.2) is 4.39 Å². The van der Waals surface area contributed by atoms with E-state index in [-0.39, 0.29) is 5.92 Å². The standard InChI is InChI=1S/C16H12F4N2O2/c17-10-3-1-2-8(4-10)11-6-12(11)14(23)22-13-5-9(16(18,19)20)7-21-15(13)24/h1-5,7,11-12H,6H2,(H,21,24)(H,22,23)/t11-,12-/m0/s1. The number of anilines is 1. The highest BCUT2D eigenvalue weighted by atomic mass is 19.4. The normalized spacial score (nSPS) is 19.8. The number of amides is 1. The van der Waals surface area contributed by atoms with E-state index in [9.17, 15) is 27.2 Å². The predicted octanol–water partition coefficient (Wildman–Crippen LogP) is 3.28. The lowest BCUT2D eigenvalue weighted by atomic mass is 10.1. The van der Waals surface area contributed by atoms with E-state index in [2.05, 4.69) is 5.32 Å². The van der Waals surface area contributed by atoms with Gasteiger partial charge >= 0.3 is 6.18 Å². The molecule has 24 heavy (non-hydrogen) atoms. The number of hydrogen-bond acceptors (Lipinski definition) is 2. The molecule has 1 aromatic heterocycles. The Morgan fingerprint density at radius 2 is 2.00 bits per heavy atom. The van der Waals surface area contributed by atoms with Crippen LogP contribution in [0.1, 0.15) is 23.5 Å². The van der Waals surface area contributed by atoms with E-state index in [0.29, 0.717) is 24.2 Å². The zero-order valence-corrected chi connectivity index (χ0v) is 12.2. The van der Waals surface area contributed by atoms with Crippen LogP contribution in [0.4, 0.5) is 23.2 Å². The Kier molecular flexibility index (Phi) is 3.90. The summed E-state index contributed by atoms with van der Waals surface area (Å²) in [5.74, 6) is -1.69. The number of halogens is 4. The molecule has 4 nitrogen and oxygen atoms in total. The van der Waals surface area contributed by atoms with E-state index >= 15 is 0 Å². The third-order valence-electron chi connectivity index (χ3n) is 3.89. The van der Waals surface area contributed by atoms with E-state index in [1.165, 1.54) is 18.2 Å². The van der Waals surface area contributed by atoms with Crippen molar-refractivity contribution >= 4 is 11.6 Å². The van der Waals surface area contributed by atoms with E-state index in [1.807, 2.05) is 4.98 Å². The van der Waals surface area contributed by atoms with Gasteiger partial charge in [-0.2, -0.15) is 13.2 Å². The summed E-state index contributed by atoms with van der Waals surface area (Å²) < 4.78 is 51.2. The average Bonchev–Trinajstić information content (AvgIpc) is 3.29. The van der Waals surface area contributed by atoms with Crippen LogP contribution in [0, 0.1) is 11.7 Å². The second kappa shape index (κ2) is 5.77. The molecule has 0 radical (unpaired) electrons. The van der Waals surface area contributed by atoms with Gasteiger partial charge in [0.2, 0.25) is 5.91 Å². The summed E-state index contributed by atoms with van der Waals surface area (Å²) in [4.78, 5) is 25.7. The highest BCUT2D eigenvalue weighted by molar-refractivity contribution is 5.95. The van der Waals surface area contributed by atoms with Crippen molar-refractivity contribution in [1.29, 1.82) is 0 Å². The highest BCUT2D eigenvalue weighted by Crippen LogP contribution is 2.48. The lowest BCUT2D eigenvalue weighted by Gasteiger charge is -2.09. The molecule has 2 atom stereocenters. The average molecular weight is 340 g/mol. The van der Waals surface area contributed by atoms with Crippen molar-refractivity contribution in [3.63, 3.8) is 0 Å². The fraction of sp³-hybridized carbons (Fsp3) is 0.250. The summed E-state index contributed by atoms with van der Waals surface area (Å²) in [6.07, 6.45) is -3.63. The number of nitrogens with one attached hydrogen (secondary N) is 2. The van der Waals surface area contributed by atoms with Crippen molar-refractivity contribution in [2.24, 2.45) is 5.92 Å². The van der Waals surface area contributed by atoms with Crippen LogP contribution in [0.25, 0.3) is 0 Å². The zero-order chi connectivity index (χ0) is 17.5. The molecule has 2 N–H and O–H groups in total. The predicted molar refractivity (Wildman–Crippen MR) is 77.9 cm³/mol. The number of carbonyl (C=O) groups excluding carboxylic acids is 1. The first-order chi connectivity index (χ1) is 11.3. The molecule has 1 saturated carbocycles. The molecule has 0 saturated heterocycles. The van der Waals surface area contributed by atoms with Gasteiger partial charge in [-0.05, 0) is 36.1 Å². The van der Waals surface area contributed by atoms with Gasteiger partial charge in [-0.3, -0.25) is 9.59 Å². The lowest BCUT2D eigenvalue weighted by Crippen LogP contribution is -2.22. The molecule has 3 rings (SSSR count). The molecule has 1 heterocycles. The van der Waals surface area contributed by atoms with Crippen molar-refractivity contribution < 1.29 is 22.4 Å². The van der Waals surface area contributed by atoms with Crippen LogP contribution < -0.4 is 10.9 Å². The van der Waals surface area contributed by atoms with Crippen molar-refractivity contribution in [1.82, 2.24) is 4.98 Å². The van der Waals surface area contributed by atoms with Gasteiger partial charge in [-0.15, -0.1) is 0 Å². The molecule has 0 unspecified atom stereocenters. The quantitative estimate of drug-likeness (QED) is 0.843. The maximum Gasteiger partial charge on any atom is 0.417 e. The molecule has 1 aliphatic carbocycles.